The van der Waals surface area contributed by atoms with E-state index in [4.69, 9.17) is 4.74 Å². The van der Waals surface area contributed by atoms with Crippen LogP contribution >= 0.6 is 0 Å². The van der Waals surface area contributed by atoms with Crippen molar-refractivity contribution in [1.29, 1.82) is 0 Å². The highest BCUT2D eigenvalue weighted by atomic mass is 16.5. The molecule has 0 aromatic carbocycles. The molecule has 0 radical (unpaired) electrons. The Hall–Kier alpha value is -0.650. The van der Waals surface area contributed by atoms with Gasteiger partial charge in [-0.05, 0) is 7.05 Å². The molecule has 2 N–H and O–H groups in total. The van der Waals surface area contributed by atoms with E-state index in [0.717, 1.165) is 26.2 Å². The lowest BCUT2D eigenvalue weighted by molar-refractivity contribution is -0.121. The second kappa shape index (κ2) is 10.5. The van der Waals surface area contributed by atoms with Gasteiger partial charge in [-0.15, -0.1) is 0 Å². The first kappa shape index (κ1) is 16.4. The fourth-order valence-corrected chi connectivity index (χ4v) is 1.31. The third-order valence-corrected chi connectivity index (χ3v) is 2.40. The van der Waals surface area contributed by atoms with Crippen LogP contribution in [0.2, 0.25) is 0 Å². The molecule has 0 aromatic heterocycles. The van der Waals surface area contributed by atoms with Crippen LogP contribution < -0.4 is 10.6 Å². The fraction of sp³-hybridized carbons (Fsp3) is 0.917. The molecule has 102 valence electrons. The van der Waals surface area contributed by atoms with Crippen LogP contribution in [0.1, 0.15) is 20.3 Å². The minimum atomic E-state index is 0.110. The Bertz CT molecular complexity index is 198. The fourth-order valence-electron chi connectivity index (χ4n) is 1.31. The van der Waals surface area contributed by atoms with Gasteiger partial charge in [0.25, 0.3) is 0 Å². The Labute approximate surface area is 105 Å². The molecular weight excluding hydrogens is 218 g/mol. The number of nitrogens with zero attached hydrogens (tertiary/aromatic N) is 1. The molecule has 5 nitrogen and oxygen atoms in total. The summed E-state index contributed by atoms with van der Waals surface area (Å²) in [4.78, 5) is 13.6. The molecule has 0 unspecified atom stereocenters. The molecule has 0 bridgehead atoms. The van der Waals surface area contributed by atoms with Gasteiger partial charge >= 0.3 is 0 Å². The average molecular weight is 245 g/mol. The number of nitrogens with one attached hydrogen (secondary N) is 2. The van der Waals surface area contributed by atoms with E-state index in [1.807, 2.05) is 7.05 Å². The first-order valence-corrected chi connectivity index (χ1v) is 6.23. The van der Waals surface area contributed by atoms with Gasteiger partial charge in [0.2, 0.25) is 5.91 Å². The van der Waals surface area contributed by atoms with E-state index < -0.39 is 0 Å². The van der Waals surface area contributed by atoms with Crippen LogP contribution in [0, 0.1) is 0 Å². The Morgan fingerprint density at radius 3 is 2.59 bits per heavy atom. The Morgan fingerprint density at radius 2 is 2.00 bits per heavy atom. The standard InChI is InChI=1S/C12H27N3O2/c1-11(2)13-6-5-12(16)14-7-8-15(3)9-10-17-4/h11,13H,5-10H2,1-4H3,(H,14,16). The Kier molecular flexibility index (Phi) is 10.1. The molecule has 0 atom stereocenters. The summed E-state index contributed by atoms with van der Waals surface area (Å²) in [5, 5.41) is 6.12. The molecule has 0 aliphatic rings. The van der Waals surface area contributed by atoms with Crippen molar-refractivity contribution in [3.8, 4) is 0 Å². The molecule has 1 amide bonds. The summed E-state index contributed by atoms with van der Waals surface area (Å²) in [6, 6.07) is 0.433. The molecule has 5 heteroatoms. The minimum absolute atomic E-state index is 0.110. The number of carbonyl (C=O) groups is 1. The highest BCUT2D eigenvalue weighted by Gasteiger charge is 2.02. The zero-order chi connectivity index (χ0) is 13.1. The van der Waals surface area contributed by atoms with E-state index in [-0.39, 0.29) is 5.91 Å². The van der Waals surface area contributed by atoms with Crippen molar-refractivity contribution in [2.45, 2.75) is 26.3 Å². The monoisotopic (exact) mass is 245 g/mol. The average Bonchev–Trinajstić information content (AvgIpc) is 2.25. The largest absolute Gasteiger partial charge is 0.383 e. The first-order valence-electron chi connectivity index (χ1n) is 6.23. The highest BCUT2D eigenvalue weighted by Crippen LogP contribution is 1.83. The lowest BCUT2D eigenvalue weighted by atomic mass is 10.3. The van der Waals surface area contributed by atoms with Crippen LogP contribution in [-0.4, -0.2) is 63.8 Å². The SMILES string of the molecule is COCCN(C)CCNC(=O)CCNC(C)C. The Balaban J connectivity index is 3.38. The maximum atomic E-state index is 11.4. The van der Waals surface area contributed by atoms with Crippen LogP contribution in [0.25, 0.3) is 0 Å². The maximum Gasteiger partial charge on any atom is 0.221 e. The molecular formula is C12H27N3O2. The topological polar surface area (TPSA) is 53.6 Å². The third-order valence-electron chi connectivity index (χ3n) is 2.40. The minimum Gasteiger partial charge on any atom is -0.383 e. The van der Waals surface area contributed by atoms with Crippen LogP contribution in [0.3, 0.4) is 0 Å². The van der Waals surface area contributed by atoms with E-state index in [0.29, 0.717) is 19.0 Å². The molecule has 0 rings (SSSR count). The summed E-state index contributed by atoms with van der Waals surface area (Å²) in [6.07, 6.45) is 0.542. The first-order chi connectivity index (χ1) is 8.06. The summed E-state index contributed by atoms with van der Waals surface area (Å²) in [5.74, 6) is 0.110. The van der Waals surface area contributed by atoms with Crippen LogP contribution in [0.15, 0.2) is 0 Å². The van der Waals surface area contributed by atoms with Crippen molar-refractivity contribution in [1.82, 2.24) is 15.5 Å². The quantitative estimate of drug-likeness (QED) is 0.572. The summed E-state index contributed by atoms with van der Waals surface area (Å²) in [7, 11) is 3.71. The molecule has 0 heterocycles. The lowest BCUT2D eigenvalue weighted by Gasteiger charge is -2.16. The number of rotatable bonds is 10. The molecule has 0 fully saturated rings. The van der Waals surface area contributed by atoms with Gasteiger partial charge in [0.05, 0.1) is 6.61 Å². The van der Waals surface area contributed by atoms with Crippen molar-refractivity contribution in [2.75, 3.05) is 46.9 Å². The summed E-state index contributed by atoms with van der Waals surface area (Å²) in [5.41, 5.74) is 0. The van der Waals surface area contributed by atoms with Gasteiger partial charge in [-0.25, -0.2) is 0 Å². The number of ether oxygens (including phenoxy) is 1. The molecule has 0 saturated heterocycles. The molecule has 0 aromatic rings. The lowest BCUT2D eigenvalue weighted by Crippen LogP contribution is -2.36. The highest BCUT2D eigenvalue weighted by molar-refractivity contribution is 5.76. The van der Waals surface area contributed by atoms with Crippen molar-refractivity contribution in [3.05, 3.63) is 0 Å². The molecule has 0 aliphatic carbocycles. The number of amides is 1. The normalized spacial score (nSPS) is 11.2. The number of carbonyl (C=O) groups excluding carboxylic acids is 1. The van der Waals surface area contributed by atoms with Crippen molar-refractivity contribution >= 4 is 5.91 Å². The zero-order valence-electron chi connectivity index (χ0n) is 11.6. The predicted molar refractivity (Wildman–Crippen MR) is 70.1 cm³/mol. The number of hydrogen-bond acceptors (Lipinski definition) is 4. The van der Waals surface area contributed by atoms with Crippen molar-refractivity contribution in [3.63, 3.8) is 0 Å². The van der Waals surface area contributed by atoms with Crippen molar-refractivity contribution in [2.24, 2.45) is 0 Å². The van der Waals surface area contributed by atoms with Gasteiger partial charge in [0, 0.05) is 45.8 Å². The zero-order valence-corrected chi connectivity index (χ0v) is 11.6. The smallest absolute Gasteiger partial charge is 0.221 e. The van der Waals surface area contributed by atoms with E-state index in [1.54, 1.807) is 7.11 Å². The molecule has 0 spiro atoms. The van der Waals surface area contributed by atoms with Crippen LogP contribution in [-0.2, 0) is 9.53 Å². The number of likely N-dealkylation sites (N-methyl/N-ethyl adjacent to an activating group) is 1. The van der Waals surface area contributed by atoms with Crippen molar-refractivity contribution < 1.29 is 9.53 Å². The summed E-state index contributed by atoms with van der Waals surface area (Å²) in [6.45, 7) is 8.05. The van der Waals surface area contributed by atoms with E-state index in [2.05, 4.69) is 29.4 Å². The van der Waals surface area contributed by atoms with Gasteiger partial charge in [-0.3, -0.25) is 4.79 Å². The van der Waals surface area contributed by atoms with E-state index >= 15 is 0 Å². The second-order valence-electron chi connectivity index (χ2n) is 4.50. The predicted octanol–water partition coefficient (Wildman–Crippen LogP) is 0.0689. The van der Waals surface area contributed by atoms with Gasteiger partial charge in [-0.1, -0.05) is 13.8 Å². The molecule has 17 heavy (non-hydrogen) atoms. The second-order valence-corrected chi connectivity index (χ2v) is 4.50. The number of hydrogen-bond donors (Lipinski definition) is 2. The van der Waals surface area contributed by atoms with Gasteiger partial charge in [0.1, 0.15) is 0 Å². The summed E-state index contributed by atoms with van der Waals surface area (Å²) < 4.78 is 4.98. The van der Waals surface area contributed by atoms with Gasteiger partial charge < -0.3 is 20.3 Å². The maximum absolute atomic E-state index is 11.4. The van der Waals surface area contributed by atoms with Gasteiger partial charge in [0.15, 0.2) is 0 Å². The van der Waals surface area contributed by atoms with E-state index in [1.165, 1.54) is 0 Å². The van der Waals surface area contributed by atoms with E-state index in [9.17, 15) is 4.79 Å². The van der Waals surface area contributed by atoms with Crippen LogP contribution in [0.4, 0.5) is 0 Å². The van der Waals surface area contributed by atoms with Gasteiger partial charge in [-0.2, -0.15) is 0 Å². The Morgan fingerprint density at radius 1 is 1.29 bits per heavy atom. The summed E-state index contributed by atoms with van der Waals surface area (Å²) >= 11 is 0. The molecule has 0 aliphatic heterocycles. The third kappa shape index (κ3) is 11.6. The van der Waals surface area contributed by atoms with Crippen LogP contribution in [0.5, 0.6) is 0 Å². The molecule has 0 saturated carbocycles. The number of methoxy groups -OCH3 is 1.